The number of carbonyl (C=O) groups is 2. The summed E-state index contributed by atoms with van der Waals surface area (Å²) < 4.78 is 42.2. The van der Waals surface area contributed by atoms with Gasteiger partial charge in [-0.25, -0.2) is 12.8 Å². The fraction of sp³-hybridized carbons (Fsp3) is 0.333. The van der Waals surface area contributed by atoms with Crippen molar-refractivity contribution in [1.82, 2.24) is 10.2 Å². The summed E-state index contributed by atoms with van der Waals surface area (Å²) in [5.41, 5.74) is 2.01. The van der Waals surface area contributed by atoms with Crippen LogP contribution in [0, 0.1) is 12.7 Å². The molecule has 0 heterocycles. The largest absolute Gasteiger partial charge is 0.352 e. The highest BCUT2D eigenvalue weighted by Gasteiger charge is 2.33. The lowest BCUT2D eigenvalue weighted by Crippen LogP contribution is -2.54. The van der Waals surface area contributed by atoms with Crippen LogP contribution in [0.25, 0.3) is 0 Å². The molecule has 0 saturated heterocycles. The summed E-state index contributed by atoms with van der Waals surface area (Å²) in [5, 5.41) is 2.87. The van der Waals surface area contributed by atoms with Crippen molar-refractivity contribution >= 4 is 27.5 Å². The second-order valence-electron chi connectivity index (χ2n) is 9.71. The molecule has 9 heteroatoms. The first-order chi connectivity index (χ1) is 18.5. The zero-order valence-electron chi connectivity index (χ0n) is 22.8. The Hall–Kier alpha value is -3.72. The van der Waals surface area contributed by atoms with Gasteiger partial charge >= 0.3 is 0 Å². The van der Waals surface area contributed by atoms with E-state index in [1.165, 1.54) is 29.2 Å². The molecule has 0 aliphatic heterocycles. The Morgan fingerprint density at radius 3 is 2.10 bits per heavy atom. The second-order valence-corrected chi connectivity index (χ2v) is 11.6. The Bertz CT molecular complexity index is 1350. The summed E-state index contributed by atoms with van der Waals surface area (Å²) >= 11 is 0. The lowest BCUT2D eigenvalue weighted by atomic mass is 10.1. The molecule has 0 saturated carbocycles. The number of hydrogen-bond donors (Lipinski definition) is 1. The molecule has 2 amide bonds. The summed E-state index contributed by atoms with van der Waals surface area (Å²) in [6, 6.07) is 19.9. The van der Waals surface area contributed by atoms with Crippen molar-refractivity contribution in [2.75, 3.05) is 17.4 Å². The average Bonchev–Trinajstić information content (AvgIpc) is 2.90. The molecular formula is C30H36FN3O4S. The van der Waals surface area contributed by atoms with Crippen LogP contribution in [0.5, 0.6) is 0 Å². The molecule has 0 spiro atoms. The molecule has 7 nitrogen and oxygen atoms in total. The Balaban J connectivity index is 2.00. The molecule has 0 fully saturated rings. The molecule has 0 unspecified atom stereocenters. The quantitative estimate of drug-likeness (QED) is 0.352. The van der Waals surface area contributed by atoms with E-state index in [0.717, 1.165) is 27.6 Å². The van der Waals surface area contributed by atoms with Gasteiger partial charge in [-0.1, -0.05) is 55.0 Å². The van der Waals surface area contributed by atoms with Crippen LogP contribution in [0.1, 0.15) is 38.3 Å². The summed E-state index contributed by atoms with van der Waals surface area (Å²) in [6.45, 7) is 7.00. The molecule has 3 aromatic carbocycles. The van der Waals surface area contributed by atoms with Crippen molar-refractivity contribution in [3.63, 3.8) is 0 Å². The average molecular weight is 554 g/mol. The van der Waals surface area contributed by atoms with Crippen LogP contribution in [-0.2, 0) is 26.0 Å². The number of aryl methyl sites for hydroxylation is 1. The SMILES string of the molecule is CC[C@H](C(=O)NC(C)C)N(CCc1ccccc1)C(=O)CN(c1ccc(F)cc1)S(=O)(=O)c1ccc(C)cc1. The highest BCUT2D eigenvalue weighted by atomic mass is 32.2. The van der Waals surface area contributed by atoms with Gasteiger partial charge in [0, 0.05) is 12.6 Å². The van der Waals surface area contributed by atoms with Crippen molar-refractivity contribution in [3.8, 4) is 0 Å². The number of sulfonamides is 1. The third-order valence-electron chi connectivity index (χ3n) is 6.30. The number of amides is 2. The molecule has 208 valence electrons. The minimum Gasteiger partial charge on any atom is -0.352 e. The molecule has 0 aliphatic rings. The second kappa shape index (κ2) is 13.4. The van der Waals surface area contributed by atoms with Gasteiger partial charge < -0.3 is 10.2 Å². The smallest absolute Gasteiger partial charge is 0.264 e. The van der Waals surface area contributed by atoms with Gasteiger partial charge in [-0.3, -0.25) is 13.9 Å². The van der Waals surface area contributed by atoms with E-state index in [9.17, 15) is 22.4 Å². The molecule has 0 aliphatic carbocycles. The van der Waals surface area contributed by atoms with Gasteiger partial charge in [0.05, 0.1) is 10.6 Å². The number of carbonyl (C=O) groups excluding carboxylic acids is 2. The van der Waals surface area contributed by atoms with E-state index in [1.54, 1.807) is 12.1 Å². The minimum atomic E-state index is -4.19. The lowest BCUT2D eigenvalue weighted by molar-refractivity contribution is -0.139. The predicted octanol–water partition coefficient (Wildman–Crippen LogP) is 4.70. The summed E-state index contributed by atoms with van der Waals surface area (Å²) in [5.74, 6) is -1.36. The van der Waals surface area contributed by atoms with Crippen LogP contribution >= 0.6 is 0 Å². The molecule has 3 aromatic rings. The van der Waals surface area contributed by atoms with E-state index in [0.29, 0.717) is 12.8 Å². The summed E-state index contributed by atoms with van der Waals surface area (Å²) in [7, 11) is -4.19. The van der Waals surface area contributed by atoms with Crippen LogP contribution in [0.4, 0.5) is 10.1 Å². The monoisotopic (exact) mass is 553 g/mol. The van der Waals surface area contributed by atoms with E-state index in [-0.39, 0.29) is 29.1 Å². The zero-order valence-corrected chi connectivity index (χ0v) is 23.6. The van der Waals surface area contributed by atoms with Crippen LogP contribution in [0.3, 0.4) is 0 Å². The first-order valence-corrected chi connectivity index (χ1v) is 14.5. The van der Waals surface area contributed by atoms with Crippen molar-refractivity contribution in [1.29, 1.82) is 0 Å². The van der Waals surface area contributed by atoms with Crippen molar-refractivity contribution in [2.24, 2.45) is 0 Å². The minimum absolute atomic E-state index is 0.00523. The van der Waals surface area contributed by atoms with Gasteiger partial charge in [-0.2, -0.15) is 0 Å². The third kappa shape index (κ3) is 7.89. The number of hydrogen-bond acceptors (Lipinski definition) is 4. The van der Waals surface area contributed by atoms with Crippen LogP contribution in [0.2, 0.25) is 0 Å². The molecule has 0 radical (unpaired) electrons. The molecule has 39 heavy (non-hydrogen) atoms. The van der Waals surface area contributed by atoms with Crippen LogP contribution in [-0.4, -0.2) is 50.3 Å². The number of anilines is 1. The van der Waals surface area contributed by atoms with Gasteiger partial charge in [-0.05, 0) is 75.6 Å². The zero-order chi connectivity index (χ0) is 28.6. The normalized spacial score (nSPS) is 12.2. The van der Waals surface area contributed by atoms with E-state index in [1.807, 2.05) is 58.0 Å². The number of rotatable bonds is 12. The van der Waals surface area contributed by atoms with Gasteiger partial charge in [-0.15, -0.1) is 0 Å². The molecule has 1 N–H and O–H groups in total. The molecule has 3 rings (SSSR count). The predicted molar refractivity (Wildman–Crippen MR) is 151 cm³/mol. The maximum Gasteiger partial charge on any atom is 0.264 e. The maximum atomic E-state index is 13.9. The fourth-order valence-corrected chi connectivity index (χ4v) is 5.66. The van der Waals surface area contributed by atoms with E-state index in [4.69, 9.17) is 0 Å². The van der Waals surface area contributed by atoms with Crippen molar-refractivity contribution in [2.45, 2.75) is 57.5 Å². The summed E-state index contributed by atoms with van der Waals surface area (Å²) in [6.07, 6.45) is 0.833. The third-order valence-corrected chi connectivity index (χ3v) is 8.09. The number of halogens is 1. The summed E-state index contributed by atoms with van der Waals surface area (Å²) in [4.78, 5) is 28.5. The Kier molecular flexibility index (Phi) is 10.2. The first-order valence-electron chi connectivity index (χ1n) is 13.0. The van der Waals surface area contributed by atoms with E-state index >= 15 is 0 Å². The van der Waals surface area contributed by atoms with Crippen molar-refractivity contribution < 1.29 is 22.4 Å². The molecular weight excluding hydrogens is 517 g/mol. The lowest BCUT2D eigenvalue weighted by Gasteiger charge is -2.33. The Morgan fingerprint density at radius 2 is 1.54 bits per heavy atom. The standard InChI is InChI=1S/C30H36FN3O4S/c1-5-28(30(36)32-22(2)3)33(20-19-24-9-7-6-8-10-24)29(35)21-34(26-15-13-25(31)14-16-26)39(37,38)27-17-11-23(4)12-18-27/h6-18,22,28H,5,19-21H2,1-4H3,(H,32,36)/t28-/m1/s1. The first kappa shape index (κ1) is 29.8. The Labute approximate surface area is 230 Å². The molecule has 0 aromatic heterocycles. The number of nitrogens with zero attached hydrogens (tertiary/aromatic N) is 2. The maximum absolute atomic E-state index is 13.9. The fourth-order valence-electron chi connectivity index (χ4n) is 4.25. The Morgan fingerprint density at radius 1 is 0.923 bits per heavy atom. The molecule has 0 bridgehead atoms. The molecule has 1 atom stereocenters. The highest BCUT2D eigenvalue weighted by Crippen LogP contribution is 2.25. The van der Waals surface area contributed by atoms with Crippen LogP contribution in [0.15, 0.2) is 83.8 Å². The number of benzene rings is 3. The van der Waals surface area contributed by atoms with E-state index in [2.05, 4.69) is 5.32 Å². The highest BCUT2D eigenvalue weighted by molar-refractivity contribution is 7.92. The van der Waals surface area contributed by atoms with Gasteiger partial charge in [0.1, 0.15) is 18.4 Å². The number of nitrogens with one attached hydrogen (secondary N) is 1. The van der Waals surface area contributed by atoms with Gasteiger partial charge in [0.2, 0.25) is 11.8 Å². The van der Waals surface area contributed by atoms with Crippen molar-refractivity contribution in [3.05, 3.63) is 95.8 Å². The van der Waals surface area contributed by atoms with Crippen LogP contribution < -0.4 is 9.62 Å². The topological polar surface area (TPSA) is 86.8 Å². The van der Waals surface area contributed by atoms with Gasteiger partial charge in [0.25, 0.3) is 10.0 Å². The van der Waals surface area contributed by atoms with E-state index < -0.39 is 34.3 Å². The van der Waals surface area contributed by atoms with Gasteiger partial charge in [0.15, 0.2) is 0 Å².